The summed E-state index contributed by atoms with van der Waals surface area (Å²) in [6.45, 7) is 0.645. The van der Waals surface area contributed by atoms with Crippen LogP contribution in [-0.4, -0.2) is 36.1 Å². The van der Waals surface area contributed by atoms with E-state index in [4.69, 9.17) is 0 Å². The van der Waals surface area contributed by atoms with E-state index in [2.05, 4.69) is 58.4 Å². The minimum absolute atomic E-state index is 0.381. The molecule has 0 fully saturated rings. The molecule has 0 saturated heterocycles. The summed E-state index contributed by atoms with van der Waals surface area (Å²) in [7, 11) is 0. The van der Waals surface area contributed by atoms with Gasteiger partial charge in [-0.25, -0.2) is 9.37 Å². The van der Waals surface area contributed by atoms with Gasteiger partial charge < -0.3 is 10.3 Å². The molecular formula is C20H15BrFN7. The third kappa shape index (κ3) is 3.44. The predicted octanol–water partition coefficient (Wildman–Crippen LogP) is 4.22. The number of benzene rings is 1. The first-order chi connectivity index (χ1) is 14.2. The Morgan fingerprint density at radius 2 is 2.03 bits per heavy atom. The van der Waals surface area contributed by atoms with Gasteiger partial charge in [-0.05, 0) is 40.0 Å². The number of aromatic amines is 1. The van der Waals surface area contributed by atoms with Crippen molar-refractivity contribution in [1.29, 1.82) is 0 Å². The second-order valence-corrected chi connectivity index (χ2v) is 7.35. The molecule has 9 heteroatoms. The van der Waals surface area contributed by atoms with Crippen molar-refractivity contribution in [1.82, 2.24) is 29.5 Å². The van der Waals surface area contributed by atoms with E-state index in [1.807, 2.05) is 18.3 Å². The Morgan fingerprint density at radius 3 is 2.93 bits per heavy atom. The van der Waals surface area contributed by atoms with Crippen molar-refractivity contribution in [3.63, 3.8) is 0 Å². The lowest BCUT2D eigenvalue weighted by Gasteiger charge is -2.09. The Bertz CT molecular complexity index is 1330. The minimum atomic E-state index is -0.436. The molecule has 2 N–H and O–H groups in total. The second-order valence-electron chi connectivity index (χ2n) is 6.54. The van der Waals surface area contributed by atoms with E-state index in [0.717, 1.165) is 18.1 Å². The fourth-order valence-corrected chi connectivity index (χ4v) is 3.65. The number of rotatable bonds is 5. The van der Waals surface area contributed by atoms with Crippen LogP contribution in [0.4, 0.5) is 10.3 Å². The number of hydrogen-bond acceptors (Lipinski definition) is 5. The number of H-pyrrole nitrogens is 1. The zero-order valence-corrected chi connectivity index (χ0v) is 16.7. The summed E-state index contributed by atoms with van der Waals surface area (Å²) in [4.78, 5) is 16.2. The molecule has 29 heavy (non-hydrogen) atoms. The molecule has 4 aromatic heterocycles. The average molecular weight is 452 g/mol. The Balaban J connectivity index is 1.45. The molecule has 0 radical (unpaired) electrons. The molecule has 0 bridgehead atoms. The number of aromatic nitrogens is 6. The van der Waals surface area contributed by atoms with Crippen LogP contribution in [0.15, 0.2) is 59.6 Å². The van der Waals surface area contributed by atoms with E-state index >= 15 is 0 Å². The third-order valence-corrected chi connectivity index (χ3v) is 5.00. The van der Waals surface area contributed by atoms with Crippen molar-refractivity contribution in [2.45, 2.75) is 6.42 Å². The fourth-order valence-electron chi connectivity index (χ4n) is 3.29. The van der Waals surface area contributed by atoms with Gasteiger partial charge in [0, 0.05) is 41.5 Å². The monoisotopic (exact) mass is 451 g/mol. The molecule has 0 atom stereocenters. The summed E-state index contributed by atoms with van der Waals surface area (Å²) in [6, 6.07) is 11.3. The Kier molecular flexibility index (Phi) is 4.44. The topological polar surface area (TPSA) is 83.8 Å². The SMILES string of the molecule is Fc1cncc(-c2nc(NCCc3c[nH]c4ccccc34)n3nc(Br)cc3n2)c1. The first-order valence-corrected chi connectivity index (χ1v) is 9.80. The second kappa shape index (κ2) is 7.25. The van der Waals surface area contributed by atoms with Crippen molar-refractivity contribution in [3.05, 3.63) is 71.0 Å². The summed E-state index contributed by atoms with van der Waals surface area (Å²) >= 11 is 3.37. The molecule has 0 aliphatic rings. The maximum Gasteiger partial charge on any atom is 0.227 e. The molecule has 0 unspecified atom stereocenters. The average Bonchev–Trinajstić information content (AvgIpc) is 3.31. The van der Waals surface area contributed by atoms with Crippen LogP contribution in [0.2, 0.25) is 0 Å². The standard InChI is InChI=1S/C20H15BrFN7/c21-17-8-18-26-19(13-7-14(22)11-23-9-13)27-20(29(18)28-17)24-6-5-12-10-25-16-4-2-1-3-15(12)16/h1-4,7-11,25H,5-6H2,(H,24,26,27). The summed E-state index contributed by atoms with van der Waals surface area (Å²) in [5.41, 5.74) is 3.43. The van der Waals surface area contributed by atoms with E-state index in [1.54, 1.807) is 10.6 Å². The van der Waals surface area contributed by atoms with Gasteiger partial charge in [-0.1, -0.05) is 18.2 Å². The minimum Gasteiger partial charge on any atom is -0.361 e. The molecule has 0 aliphatic heterocycles. The van der Waals surface area contributed by atoms with Gasteiger partial charge in [-0.3, -0.25) is 4.98 Å². The van der Waals surface area contributed by atoms with Gasteiger partial charge in [-0.2, -0.15) is 14.6 Å². The first-order valence-electron chi connectivity index (χ1n) is 9.00. The summed E-state index contributed by atoms with van der Waals surface area (Å²) in [5.74, 6) is 0.473. The number of nitrogens with zero attached hydrogens (tertiary/aromatic N) is 5. The van der Waals surface area contributed by atoms with Crippen molar-refractivity contribution >= 4 is 38.4 Å². The molecule has 0 aliphatic carbocycles. The smallest absolute Gasteiger partial charge is 0.227 e. The fraction of sp³-hybridized carbons (Fsp3) is 0.100. The number of pyridine rings is 1. The molecule has 4 heterocycles. The number of hydrogen-bond donors (Lipinski definition) is 2. The van der Waals surface area contributed by atoms with Crippen LogP contribution in [0, 0.1) is 5.82 Å². The maximum absolute atomic E-state index is 13.6. The lowest BCUT2D eigenvalue weighted by molar-refractivity contribution is 0.622. The molecule has 1 aromatic carbocycles. The zero-order chi connectivity index (χ0) is 19.8. The predicted molar refractivity (Wildman–Crippen MR) is 112 cm³/mol. The van der Waals surface area contributed by atoms with Crippen molar-refractivity contribution < 1.29 is 4.39 Å². The van der Waals surface area contributed by atoms with Crippen molar-refractivity contribution in [2.75, 3.05) is 11.9 Å². The van der Waals surface area contributed by atoms with Gasteiger partial charge in [-0.15, -0.1) is 0 Å². The van der Waals surface area contributed by atoms with Crippen LogP contribution >= 0.6 is 15.9 Å². The quantitative estimate of drug-likeness (QED) is 0.417. The molecule has 5 rings (SSSR count). The van der Waals surface area contributed by atoms with E-state index < -0.39 is 5.82 Å². The van der Waals surface area contributed by atoms with Gasteiger partial charge in [0.05, 0.1) is 6.20 Å². The Morgan fingerprint density at radius 1 is 1.14 bits per heavy atom. The van der Waals surface area contributed by atoms with Crippen LogP contribution in [0.5, 0.6) is 0 Å². The van der Waals surface area contributed by atoms with E-state index in [0.29, 0.717) is 34.1 Å². The van der Waals surface area contributed by atoms with E-state index in [1.165, 1.54) is 23.2 Å². The van der Waals surface area contributed by atoms with Gasteiger partial charge in [0.2, 0.25) is 5.95 Å². The summed E-state index contributed by atoms with van der Waals surface area (Å²) in [6.07, 6.45) is 5.51. The first kappa shape index (κ1) is 17.7. The number of nitrogens with one attached hydrogen (secondary N) is 2. The molecule has 7 nitrogen and oxygen atoms in total. The lowest BCUT2D eigenvalue weighted by atomic mass is 10.1. The molecule has 0 saturated carbocycles. The highest BCUT2D eigenvalue weighted by Gasteiger charge is 2.13. The largest absolute Gasteiger partial charge is 0.361 e. The highest BCUT2D eigenvalue weighted by Crippen LogP contribution is 2.22. The lowest BCUT2D eigenvalue weighted by Crippen LogP contribution is -2.12. The van der Waals surface area contributed by atoms with Gasteiger partial charge in [0.15, 0.2) is 11.5 Å². The van der Waals surface area contributed by atoms with E-state index in [9.17, 15) is 4.39 Å². The number of fused-ring (bicyclic) bond motifs is 2. The van der Waals surface area contributed by atoms with Crippen LogP contribution in [0.1, 0.15) is 5.56 Å². The maximum atomic E-state index is 13.6. The molecule has 144 valence electrons. The molecular weight excluding hydrogens is 437 g/mol. The van der Waals surface area contributed by atoms with Gasteiger partial charge >= 0.3 is 0 Å². The van der Waals surface area contributed by atoms with Crippen molar-refractivity contribution in [2.24, 2.45) is 0 Å². The van der Waals surface area contributed by atoms with E-state index in [-0.39, 0.29) is 0 Å². The number of para-hydroxylation sites is 1. The van der Waals surface area contributed by atoms with Crippen LogP contribution in [-0.2, 0) is 6.42 Å². The summed E-state index contributed by atoms with van der Waals surface area (Å²) < 4.78 is 15.9. The van der Waals surface area contributed by atoms with Crippen molar-refractivity contribution in [3.8, 4) is 11.4 Å². The Labute approximate surface area is 173 Å². The zero-order valence-electron chi connectivity index (χ0n) is 15.1. The number of anilines is 1. The van der Waals surface area contributed by atoms with Crippen LogP contribution < -0.4 is 5.32 Å². The molecule has 5 aromatic rings. The van der Waals surface area contributed by atoms with Gasteiger partial charge in [0.25, 0.3) is 0 Å². The number of halogens is 2. The highest BCUT2D eigenvalue weighted by atomic mass is 79.9. The summed E-state index contributed by atoms with van der Waals surface area (Å²) in [5, 5.41) is 8.91. The third-order valence-electron chi connectivity index (χ3n) is 4.61. The molecule has 0 spiro atoms. The van der Waals surface area contributed by atoms with Crippen LogP contribution in [0.25, 0.3) is 27.9 Å². The Hall–Kier alpha value is -3.33. The molecule has 0 amide bonds. The van der Waals surface area contributed by atoms with Crippen LogP contribution in [0.3, 0.4) is 0 Å². The normalized spacial score (nSPS) is 11.4. The van der Waals surface area contributed by atoms with Gasteiger partial charge in [0.1, 0.15) is 10.4 Å². The highest BCUT2D eigenvalue weighted by molar-refractivity contribution is 9.10.